The first-order valence-corrected chi connectivity index (χ1v) is 5.36. The Labute approximate surface area is 84.4 Å². The Bertz CT molecular complexity index is 196. The summed E-state index contributed by atoms with van der Waals surface area (Å²) in [4.78, 5) is 0. The highest BCUT2D eigenvalue weighted by atomic mass is 16.6. The number of hydrogen-bond donors (Lipinski definition) is 2. The molecule has 14 heavy (non-hydrogen) atoms. The fourth-order valence-electron chi connectivity index (χ4n) is 2.08. The third-order valence-electron chi connectivity index (χ3n) is 3.15. The van der Waals surface area contributed by atoms with E-state index >= 15 is 0 Å². The predicted octanol–water partition coefficient (Wildman–Crippen LogP) is -0.108. The van der Waals surface area contributed by atoms with Gasteiger partial charge in [0.1, 0.15) is 5.60 Å². The molecule has 82 valence electrons. The zero-order chi connectivity index (χ0) is 10.0. The average Bonchev–Trinajstić information content (AvgIpc) is 2.98. The van der Waals surface area contributed by atoms with E-state index in [1.54, 1.807) is 0 Å². The van der Waals surface area contributed by atoms with Crippen molar-refractivity contribution in [1.82, 2.24) is 0 Å². The zero-order valence-corrected chi connectivity index (χ0v) is 8.45. The second-order valence-corrected chi connectivity index (χ2v) is 4.35. The van der Waals surface area contributed by atoms with Crippen molar-refractivity contribution in [3.8, 4) is 0 Å². The number of rotatable bonds is 5. The van der Waals surface area contributed by atoms with Crippen molar-refractivity contribution in [3.05, 3.63) is 0 Å². The quantitative estimate of drug-likeness (QED) is 0.651. The summed E-state index contributed by atoms with van der Waals surface area (Å²) in [6, 6.07) is 0. The van der Waals surface area contributed by atoms with Crippen molar-refractivity contribution in [2.24, 2.45) is 11.7 Å². The highest BCUT2D eigenvalue weighted by Gasteiger charge is 2.45. The molecule has 2 rings (SSSR count). The Hall–Kier alpha value is -0.160. The average molecular weight is 201 g/mol. The van der Waals surface area contributed by atoms with Gasteiger partial charge in [0, 0.05) is 13.0 Å². The van der Waals surface area contributed by atoms with Crippen LogP contribution in [0.5, 0.6) is 0 Å². The minimum atomic E-state index is -0.323. The highest BCUT2D eigenvalue weighted by molar-refractivity contribution is 4.96. The van der Waals surface area contributed by atoms with E-state index in [1.807, 2.05) is 0 Å². The lowest BCUT2D eigenvalue weighted by Crippen LogP contribution is -2.42. The summed E-state index contributed by atoms with van der Waals surface area (Å²) in [5.74, 6) is 0.737. The summed E-state index contributed by atoms with van der Waals surface area (Å²) < 4.78 is 11.3. The normalized spacial score (nSPS) is 37.7. The Kier molecular flexibility index (Phi) is 3.07. The molecular weight excluding hydrogens is 182 g/mol. The molecule has 1 saturated carbocycles. The van der Waals surface area contributed by atoms with Crippen molar-refractivity contribution in [2.75, 3.05) is 26.4 Å². The monoisotopic (exact) mass is 201 g/mol. The molecule has 1 saturated heterocycles. The van der Waals surface area contributed by atoms with Crippen molar-refractivity contribution >= 4 is 0 Å². The van der Waals surface area contributed by atoms with Gasteiger partial charge in [-0.3, -0.25) is 0 Å². The fourth-order valence-corrected chi connectivity index (χ4v) is 2.08. The van der Waals surface area contributed by atoms with E-state index in [9.17, 15) is 0 Å². The fraction of sp³-hybridized carbons (Fsp3) is 1.00. The Morgan fingerprint density at radius 3 is 2.86 bits per heavy atom. The first-order valence-electron chi connectivity index (χ1n) is 5.36. The first kappa shape index (κ1) is 10.4. The number of aliphatic hydroxyl groups is 1. The molecule has 1 aliphatic heterocycles. The van der Waals surface area contributed by atoms with Gasteiger partial charge < -0.3 is 20.3 Å². The van der Waals surface area contributed by atoms with Gasteiger partial charge >= 0.3 is 0 Å². The van der Waals surface area contributed by atoms with Gasteiger partial charge in [-0.25, -0.2) is 0 Å². The van der Waals surface area contributed by atoms with E-state index in [1.165, 1.54) is 12.8 Å². The molecule has 0 aromatic carbocycles. The van der Waals surface area contributed by atoms with Crippen molar-refractivity contribution in [1.29, 1.82) is 0 Å². The summed E-state index contributed by atoms with van der Waals surface area (Å²) in [5.41, 5.74) is 5.38. The van der Waals surface area contributed by atoms with E-state index in [2.05, 4.69) is 0 Å². The van der Waals surface area contributed by atoms with Gasteiger partial charge in [0.05, 0.1) is 25.9 Å². The van der Waals surface area contributed by atoms with Crippen LogP contribution < -0.4 is 5.73 Å². The van der Waals surface area contributed by atoms with Crippen LogP contribution in [0.3, 0.4) is 0 Å². The lowest BCUT2D eigenvalue weighted by Gasteiger charge is -2.25. The van der Waals surface area contributed by atoms with Crippen LogP contribution in [0.4, 0.5) is 0 Å². The zero-order valence-electron chi connectivity index (χ0n) is 8.45. The molecule has 0 spiro atoms. The SMILES string of the molecule is NCC1(OCCO)COC(C2CC2)C1. The van der Waals surface area contributed by atoms with E-state index in [-0.39, 0.29) is 12.2 Å². The minimum absolute atomic E-state index is 0.0514. The molecule has 0 radical (unpaired) electrons. The van der Waals surface area contributed by atoms with Gasteiger partial charge in [0.25, 0.3) is 0 Å². The first-order chi connectivity index (χ1) is 6.79. The van der Waals surface area contributed by atoms with E-state index in [0.717, 1.165) is 12.3 Å². The minimum Gasteiger partial charge on any atom is -0.394 e. The molecule has 0 bridgehead atoms. The van der Waals surface area contributed by atoms with Gasteiger partial charge in [-0.2, -0.15) is 0 Å². The van der Waals surface area contributed by atoms with Gasteiger partial charge in [0.2, 0.25) is 0 Å². The molecule has 1 heterocycles. The van der Waals surface area contributed by atoms with Crippen LogP contribution in [0.2, 0.25) is 0 Å². The summed E-state index contributed by atoms with van der Waals surface area (Å²) in [6.45, 7) is 1.48. The maximum Gasteiger partial charge on any atom is 0.106 e. The van der Waals surface area contributed by atoms with Crippen LogP contribution in [0.15, 0.2) is 0 Å². The molecule has 0 aromatic rings. The lowest BCUT2D eigenvalue weighted by atomic mass is 9.98. The van der Waals surface area contributed by atoms with Crippen molar-refractivity contribution in [2.45, 2.75) is 31.0 Å². The van der Waals surface area contributed by atoms with E-state index in [4.69, 9.17) is 20.3 Å². The summed E-state index contributed by atoms with van der Waals surface area (Å²) in [5, 5.41) is 8.72. The molecule has 4 nitrogen and oxygen atoms in total. The van der Waals surface area contributed by atoms with Crippen molar-refractivity contribution in [3.63, 3.8) is 0 Å². The summed E-state index contributed by atoms with van der Waals surface area (Å²) in [7, 11) is 0. The van der Waals surface area contributed by atoms with Crippen LogP contribution in [0.1, 0.15) is 19.3 Å². The molecule has 0 aromatic heterocycles. The topological polar surface area (TPSA) is 64.7 Å². The number of ether oxygens (including phenoxy) is 2. The molecule has 2 atom stereocenters. The maximum atomic E-state index is 8.72. The van der Waals surface area contributed by atoms with Gasteiger partial charge in [0.15, 0.2) is 0 Å². The van der Waals surface area contributed by atoms with Crippen molar-refractivity contribution < 1.29 is 14.6 Å². The Morgan fingerprint density at radius 1 is 1.50 bits per heavy atom. The lowest BCUT2D eigenvalue weighted by molar-refractivity contribution is -0.0551. The second kappa shape index (κ2) is 4.14. The van der Waals surface area contributed by atoms with Crippen LogP contribution in [-0.2, 0) is 9.47 Å². The second-order valence-electron chi connectivity index (χ2n) is 4.35. The Morgan fingerprint density at radius 2 is 2.29 bits per heavy atom. The van der Waals surface area contributed by atoms with E-state index in [0.29, 0.717) is 25.9 Å². The van der Waals surface area contributed by atoms with Gasteiger partial charge in [-0.05, 0) is 18.8 Å². The molecular formula is C10H19NO3. The summed E-state index contributed by atoms with van der Waals surface area (Å²) >= 11 is 0. The molecule has 1 aliphatic carbocycles. The van der Waals surface area contributed by atoms with Crippen LogP contribution in [0, 0.1) is 5.92 Å². The largest absolute Gasteiger partial charge is 0.394 e. The number of aliphatic hydroxyl groups excluding tert-OH is 1. The number of nitrogens with two attached hydrogens (primary N) is 1. The third kappa shape index (κ3) is 2.08. The van der Waals surface area contributed by atoms with Crippen LogP contribution >= 0.6 is 0 Å². The predicted molar refractivity (Wildman–Crippen MR) is 51.9 cm³/mol. The number of hydrogen-bond acceptors (Lipinski definition) is 4. The molecule has 2 aliphatic rings. The molecule has 4 heteroatoms. The molecule has 2 fully saturated rings. The highest BCUT2D eigenvalue weighted by Crippen LogP contribution is 2.42. The molecule has 0 amide bonds. The maximum absolute atomic E-state index is 8.72. The van der Waals surface area contributed by atoms with Crippen LogP contribution in [0.25, 0.3) is 0 Å². The Balaban J connectivity index is 1.86. The summed E-state index contributed by atoms with van der Waals surface area (Å²) in [6.07, 6.45) is 3.81. The smallest absolute Gasteiger partial charge is 0.106 e. The molecule has 3 N–H and O–H groups in total. The molecule has 2 unspecified atom stereocenters. The third-order valence-corrected chi connectivity index (χ3v) is 3.15. The van der Waals surface area contributed by atoms with E-state index < -0.39 is 0 Å². The van der Waals surface area contributed by atoms with Crippen LogP contribution in [-0.4, -0.2) is 43.2 Å². The standard InChI is InChI=1S/C10H19NO3/c11-6-10(14-4-3-12)5-9(13-7-10)8-1-2-8/h8-9,12H,1-7,11H2. The van der Waals surface area contributed by atoms with Gasteiger partial charge in [-0.1, -0.05) is 0 Å². The van der Waals surface area contributed by atoms with Gasteiger partial charge in [-0.15, -0.1) is 0 Å².